The molecule has 1 amide bonds. The second-order valence-corrected chi connectivity index (χ2v) is 7.26. The number of nitrogens with one attached hydrogen (secondary N) is 2. The Morgan fingerprint density at radius 1 is 0.966 bits per heavy atom. The van der Waals surface area contributed by atoms with Gasteiger partial charge in [-0.25, -0.2) is 0 Å². The number of likely N-dealkylation sites (N-methyl/N-ethyl adjacent to an activating group) is 1. The van der Waals surface area contributed by atoms with Gasteiger partial charge in [-0.1, -0.05) is 0 Å². The number of ether oxygens (including phenoxy) is 2. The van der Waals surface area contributed by atoms with E-state index in [0.29, 0.717) is 17.1 Å². The maximum Gasteiger partial charge on any atom is 0.257 e. The summed E-state index contributed by atoms with van der Waals surface area (Å²) in [5, 5.41) is 5.96. The van der Waals surface area contributed by atoms with E-state index >= 15 is 0 Å². The summed E-state index contributed by atoms with van der Waals surface area (Å²) >= 11 is 5.28. The number of benzene rings is 2. The average Bonchev–Trinajstić information content (AvgIpc) is 2.74. The zero-order valence-corrected chi connectivity index (χ0v) is 17.7. The molecule has 0 unspecified atom stereocenters. The lowest BCUT2D eigenvalue weighted by molar-refractivity contribution is 0.0977. The van der Waals surface area contributed by atoms with Gasteiger partial charge in [0.05, 0.1) is 14.2 Å². The molecule has 0 bridgehead atoms. The number of carbonyl (C=O) groups is 1. The van der Waals surface area contributed by atoms with Crippen molar-refractivity contribution in [3.05, 3.63) is 48.0 Å². The van der Waals surface area contributed by atoms with Crippen LogP contribution in [0.2, 0.25) is 0 Å². The Hall–Kier alpha value is -2.84. The second-order valence-electron chi connectivity index (χ2n) is 6.85. The highest BCUT2D eigenvalue weighted by Gasteiger charge is 2.15. The number of rotatable bonds is 5. The average molecular weight is 415 g/mol. The molecule has 0 atom stereocenters. The molecule has 1 aliphatic rings. The lowest BCUT2D eigenvalue weighted by atomic mass is 10.2. The molecule has 1 heterocycles. The van der Waals surface area contributed by atoms with E-state index in [1.807, 2.05) is 12.1 Å². The van der Waals surface area contributed by atoms with Crippen molar-refractivity contribution >= 4 is 34.6 Å². The molecular weight excluding hydrogens is 388 g/mol. The molecule has 1 saturated heterocycles. The van der Waals surface area contributed by atoms with Crippen LogP contribution in [0, 0.1) is 0 Å². The number of amides is 1. The lowest BCUT2D eigenvalue weighted by Gasteiger charge is -2.34. The highest BCUT2D eigenvalue weighted by Crippen LogP contribution is 2.23. The fourth-order valence-electron chi connectivity index (χ4n) is 3.10. The van der Waals surface area contributed by atoms with Crippen LogP contribution in [-0.2, 0) is 0 Å². The number of hydrogen-bond acceptors (Lipinski definition) is 6. The zero-order valence-electron chi connectivity index (χ0n) is 16.9. The number of piperazine rings is 1. The summed E-state index contributed by atoms with van der Waals surface area (Å²) in [5.41, 5.74) is 2.40. The van der Waals surface area contributed by atoms with Gasteiger partial charge in [0.25, 0.3) is 5.91 Å². The molecule has 1 fully saturated rings. The molecule has 154 valence electrons. The van der Waals surface area contributed by atoms with Crippen LogP contribution in [0.5, 0.6) is 11.5 Å². The van der Waals surface area contributed by atoms with Gasteiger partial charge in [0.15, 0.2) is 5.11 Å². The first-order chi connectivity index (χ1) is 14.0. The number of thiocarbonyl (C=S) groups is 1. The smallest absolute Gasteiger partial charge is 0.257 e. The third-order valence-electron chi connectivity index (χ3n) is 4.83. The van der Waals surface area contributed by atoms with Gasteiger partial charge in [-0.2, -0.15) is 0 Å². The molecule has 1 aliphatic heterocycles. The van der Waals surface area contributed by atoms with Crippen LogP contribution in [0.25, 0.3) is 0 Å². The minimum absolute atomic E-state index is 0.226. The van der Waals surface area contributed by atoms with Gasteiger partial charge < -0.3 is 24.6 Å². The van der Waals surface area contributed by atoms with Crippen molar-refractivity contribution in [2.75, 3.05) is 57.7 Å². The maximum absolute atomic E-state index is 12.5. The van der Waals surface area contributed by atoms with E-state index in [1.165, 1.54) is 19.9 Å². The predicted octanol–water partition coefficient (Wildman–Crippen LogP) is 2.58. The van der Waals surface area contributed by atoms with Crippen molar-refractivity contribution in [2.45, 2.75) is 0 Å². The molecule has 2 aromatic rings. The quantitative estimate of drug-likeness (QED) is 0.729. The molecule has 0 aliphatic carbocycles. The van der Waals surface area contributed by atoms with Crippen molar-refractivity contribution in [3.63, 3.8) is 0 Å². The number of nitrogens with zero attached hydrogens (tertiary/aromatic N) is 2. The zero-order chi connectivity index (χ0) is 20.8. The van der Waals surface area contributed by atoms with Crippen molar-refractivity contribution in [2.24, 2.45) is 0 Å². The maximum atomic E-state index is 12.5. The summed E-state index contributed by atoms with van der Waals surface area (Å²) in [6.45, 7) is 4.15. The first-order valence-corrected chi connectivity index (χ1v) is 9.78. The van der Waals surface area contributed by atoms with E-state index in [4.69, 9.17) is 21.7 Å². The number of hydrogen-bond donors (Lipinski definition) is 2. The Bertz CT molecular complexity index is 842. The van der Waals surface area contributed by atoms with Crippen LogP contribution in [-0.4, -0.2) is 63.4 Å². The topological polar surface area (TPSA) is 66.1 Å². The van der Waals surface area contributed by atoms with Crippen LogP contribution in [0.15, 0.2) is 42.5 Å². The van der Waals surface area contributed by atoms with Gasteiger partial charge >= 0.3 is 0 Å². The Kier molecular flexibility index (Phi) is 6.90. The summed E-state index contributed by atoms with van der Waals surface area (Å²) in [6, 6.07) is 13.0. The molecule has 0 radical (unpaired) electrons. The molecule has 0 aromatic heterocycles. The monoisotopic (exact) mass is 414 g/mol. The first kappa shape index (κ1) is 20.9. The Labute approximate surface area is 176 Å². The summed E-state index contributed by atoms with van der Waals surface area (Å²) < 4.78 is 10.4. The fraction of sp³-hybridized carbons (Fsp3) is 0.333. The second kappa shape index (κ2) is 9.58. The SMILES string of the molecule is COc1cc(OC)cc(C(=O)NC(=S)Nc2ccc(N3CCN(C)CC3)cc2)c1. The van der Waals surface area contributed by atoms with Crippen LogP contribution in [0.3, 0.4) is 0 Å². The van der Waals surface area contributed by atoms with Crippen LogP contribution in [0.4, 0.5) is 11.4 Å². The third kappa shape index (κ3) is 5.58. The molecule has 29 heavy (non-hydrogen) atoms. The number of methoxy groups -OCH3 is 2. The van der Waals surface area contributed by atoms with E-state index in [-0.39, 0.29) is 11.0 Å². The van der Waals surface area contributed by atoms with Gasteiger partial charge in [-0.3, -0.25) is 10.1 Å². The van der Waals surface area contributed by atoms with Gasteiger partial charge in [-0.15, -0.1) is 0 Å². The summed E-state index contributed by atoms with van der Waals surface area (Å²) in [7, 11) is 5.21. The van der Waals surface area contributed by atoms with Gasteiger partial charge in [0.1, 0.15) is 11.5 Å². The van der Waals surface area contributed by atoms with Crippen molar-refractivity contribution < 1.29 is 14.3 Å². The fourth-order valence-corrected chi connectivity index (χ4v) is 3.31. The van der Waals surface area contributed by atoms with Crippen molar-refractivity contribution in [3.8, 4) is 11.5 Å². The molecule has 0 spiro atoms. The lowest BCUT2D eigenvalue weighted by Crippen LogP contribution is -2.44. The molecule has 0 saturated carbocycles. The number of carbonyl (C=O) groups excluding carboxylic acids is 1. The number of anilines is 2. The van der Waals surface area contributed by atoms with Crippen LogP contribution in [0.1, 0.15) is 10.4 Å². The molecule has 2 N–H and O–H groups in total. The molecule has 3 rings (SSSR count). The van der Waals surface area contributed by atoms with E-state index < -0.39 is 0 Å². The Morgan fingerprint density at radius 2 is 1.55 bits per heavy atom. The predicted molar refractivity (Wildman–Crippen MR) is 119 cm³/mol. The molecule has 8 heteroatoms. The molecule has 2 aromatic carbocycles. The summed E-state index contributed by atoms with van der Waals surface area (Å²) in [4.78, 5) is 17.2. The highest BCUT2D eigenvalue weighted by molar-refractivity contribution is 7.80. The summed E-state index contributed by atoms with van der Waals surface area (Å²) in [5.74, 6) is 0.731. The van der Waals surface area contributed by atoms with Gasteiger partial charge in [-0.05, 0) is 55.7 Å². The van der Waals surface area contributed by atoms with Gasteiger partial charge in [0.2, 0.25) is 0 Å². The van der Waals surface area contributed by atoms with E-state index in [1.54, 1.807) is 18.2 Å². The Balaban J connectivity index is 1.58. The minimum Gasteiger partial charge on any atom is -0.497 e. The molecular formula is C21H26N4O3S. The summed E-state index contributed by atoms with van der Waals surface area (Å²) in [6.07, 6.45) is 0. The van der Waals surface area contributed by atoms with Gasteiger partial charge in [0, 0.05) is 49.2 Å². The van der Waals surface area contributed by atoms with Crippen LogP contribution < -0.4 is 25.0 Å². The Morgan fingerprint density at radius 3 is 2.10 bits per heavy atom. The van der Waals surface area contributed by atoms with Crippen LogP contribution >= 0.6 is 12.2 Å². The van der Waals surface area contributed by atoms with E-state index in [2.05, 4.69) is 39.6 Å². The van der Waals surface area contributed by atoms with Crippen molar-refractivity contribution in [1.82, 2.24) is 10.2 Å². The van der Waals surface area contributed by atoms with Crippen molar-refractivity contribution in [1.29, 1.82) is 0 Å². The van der Waals surface area contributed by atoms with E-state index in [0.717, 1.165) is 31.9 Å². The first-order valence-electron chi connectivity index (χ1n) is 9.37. The van der Waals surface area contributed by atoms with E-state index in [9.17, 15) is 4.79 Å². The third-order valence-corrected chi connectivity index (χ3v) is 5.04. The standard InChI is InChI=1S/C21H26N4O3S/c1-24-8-10-25(11-9-24)17-6-4-16(5-7-17)22-21(29)23-20(26)15-12-18(27-2)14-19(13-15)28-3/h4-7,12-14H,8-11H2,1-3H3,(H2,22,23,26,29). The minimum atomic E-state index is -0.339. The molecule has 7 nitrogen and oxygen atoms in total. The normalized spacial score (nSPS) is 14.2. The highest BCUT2D eigenvalue weighted by atomic mass is 32.1. The largest absolute Gasteiger partial charge is 0.497 e.